The zero-order valence-corrected chi connectivity index (χ0v) is 14.0. The molecule has 0 aromatic heterocycles. The molecule has 0 heterocycles. The number of nitrogens with one attached hydrogen (secondary N) is 2. The Labute approximate surface area is 142 Å². The van der Waals surface area contributed by atoms with Gasteiger partial charge in [0.15, 0.2) is 6.61 Å². The van der Waals surface area contributed by atoms with Gasteiger partial charge < -0.3 is 10.1 Å². The van der Waals surface area contributed by atoms with Crippen molar-refractivity contribution in [1.82, 2.24) is 10.6 Å². The molecule has 132 valence electrons. The third-order valence-electron chi connectivity index (χ3n) is 2.53. The van der Waals surface area contributed by atoms with Crippen LogP contribution in [0.3, 0.4) is 0 Å². The second-order valence-corrected chi connectivity index (χ2v) is 6.19. The van der Waals surface area contributed by atoms with Crippen molar-refractivity contribution < 1.29 is 27.9 Å². The van der Waals surface area contributed by atoms with Gasteiger partial charge in [-0.3, -0.25) is 14.9 Å². The lowest BCUT2D eigenvalue weighted by Gasteiger charge is -2.09. The van der Waals surface area contributed by atoms with E-state index in [2.05, 4.69) is 10.1 Å². The molecule has 0 fully saturated rings. The first-order valence-corrected chi connectivity index (χ1v) is 8.07. The van der Waals surface area contributed by atoms with Crippen molar-refractivity contribution >= 4 is 29.7 Å². The third-order valence-corrected chi connectivity index (χ3v) is 3.53. The summed E-state index contributed by atoms with van der Waals surface area (Å²) in [6.07, 6.45) is 0. The van der Waals surface area contributed by atoms with E-state index < -0.39 is 36.1 Å². The molecule has 1 aromatic rings. The molecule has 0 unspecified atom stereocenters. The highest BCUT2D eigenvalue weighted by atomic mass is 32.2. The molecule has 0 bridgehead atoms. The average molecular weight is 360 g/mol. The van der Waals surface area contributed by atoms with Crippen molar-refractivity contribution in [3.05, 3.63) is 29.8 Å². The van der Waals surface area contributed by atoms with Gasteiger partial charge in [0, 0.05) is 11.4 Å². The molecule has 0 saturated carbocycles. The van der Waals surface area contributed by atoms with E-state index in [-0.39, 0.29) is 16.6 Å². The number of amides is 3. The summed E-state index contributed by atoms with van der Waals surface area (Å²) >= 11 is 0.746. The zero-order chi connectivity index (χ0) is 18.1. The summed E-state index contributed by atoms with van der Waals surface area (Å²) in [5.74, 6) is -2.93. The number of hydrogen-bond donors (Lipinski definition) is 2. The first kappa shape index (κ1) is 19.9. The maximum Gasteiger partial charge on any atom is 0.321 e. The summed E-state index contributed by atoms with van der Waals surface area (Å²) in [6.45, 7) is 3.54. The number of carbonyl (C=O) groups is 3. The Kier molecular flexibility index (Phi) is 8.17. The van der Waals surface area contributed by atoms with Crippen molar-refractivity contribution in [2.24, 2.45) is 5.92 Å². The van der Waals surface area contributed by atoms with E-state index in [1.807, 2.05) is 19.2 Å². The van der Waals surface area contributed by atoms with E-state index in [1.54, 1.807) is 0 Å². The Hall–Kier alpha value is -2.16. The maximum absolute atomic E-state index is 13.4. The van der Waals surface area contributed by atoms with Gasteiger partial charge in [0.05, 0.1) is 5.75 Å². The molecule has 2 N–H and O–H groups in total. The molecule has 24 heavy (non-hydrogen) atoms. The van der Waals surface area contributed by atoms with Crippen LogP contribution in [0.5, 0.6) is 0 Å². The molecular weight excluding hydrogens is 342 g/mol. The molecule has 0 spiro atoms. The molecule has 6 nitrogen and oxygen atoms in total. The number of rotatable bonds is 7. The number of esters is 1. The van der Waals surface area contributed by atoms with E-state index in [1.165, 1.54) is 0 Å². The summed E-state index contributed by atoms with van der Waals surface area (Å²) in [6, 6.07) is 2.19. The van der Waals surface area contributed by atoms with Gasteiger partial charge in [0.1, 0.15) is 11.6 Å². The second kappa shape index (κ2) is 9.86. The zero-order valence-electron chi connectivity index (χ0n) is 13.2. The molecule has 1 aromatic carbocycles. The quantitative estimate of drug-likeness (QED) is 0.574. The first-order chi connectivity index (χ1) is 11.3. The van der Waals surface area contributed by atoms with E-state index in [0.717, 1.165) is 30.0 Å². The van der Waals surface area contributed by atoms with E-state index in [4.69, 9.17) is 0 Å². The van der Waals surface area contributed by atoms with Crippen LogP contribution in [0.2, 0.25) is 0 Å². The summed E-state index contributed by atoms with van der Waals surface area (Å²) in [4.78, 5) is 34.2. The van der Waals surface area contributed by atoms with Crippen molar-refractivity contribution in [3.8, 4) is 0 Å². The number of urea groups is 1. The van der Waals surface area contributed by atoms with Gasteiger partial charge in [-0.2, -0.15) is 0 Å². The minimum Gasteiger partial charge on any atom is -0.455 e. The normalized spacial score (nSPS) is 10.4. The predicted octanol–water partition coefficient (Wildman–Crippen LogP) is 2.08. The van der Waals surface area contributed by atoms with Gasteiger partial charge in [-0.25, -0.2) is 13.6 Å². The monoisotopic (exact) mass is 360 g/mol. The highest BCUT2D eigenvalue weighted by molar-refractivity contribution is 8.00. The summed E-state index contributed by atoms with van der Waals surface area (Å²) in [5, 5.41) is 4.46. The number of ether oxygens (including phenoxy) is 1. The smallest absolute Gasteiger partial charge is 0.321 e. The summed E-state index contributed by atoms with van der Waals surface area (Å²) in [7, 11) is 0. The molecule has 0 radical (unpaired) electrons. The van der Waals surface area contributed by atoms with Gasteiger partial charge >= 0.3 is 12.0 Å². The van der Waals surface area contributed by atoms with Crippen molar-refractivity contribution in [2.45, 2.75) is 18.7 Å². The highest BCUT2D eigenvalue weighted by Gasteiger charge is 2.13. The van der Waals surface area contributed by atoms with Crippen LogP contribution in [0, 0.1) is 17.6 Å². The minimum atomic E-state index is -0.790. The van der Waals surface area contributed by atoms with Crippen molar-refractivity contribution in [3.63, 3.8) is 0 Å². The lowest BCUT2D eigenvalue weighted by molar-refractivity contribution is -0.145. The molecule has 0 aliphatic heterocycles. The number of halogens is 2. The number of thioether (sulfide) groups is 1. The minimum absolute atomic E-state index is 0.0375. The number of carbonyl (C=O) groups excluding carboxylic acids is 3. The first-order valence-electron chi connectivity index (χ1n) is 7.09. The second-order valence-electron chi connectivity index (χ2n) is 5.18. The van der Waals surface area contributed by atoms with Gasteiger partial charge in [0.25, 0.3) is 5.91 Å². The van der Waals surface area contributed by atoms with Gasteiger partial charge in [-0.05, 0) is 24.1 Å². The van der Waals surface area contributed by atoms with Crippen LogP contribution in [0.25, 0.3) is 0 Å². The fourth-order valence-electron chi connectivity index (χ4n) is 1.42. The predicted molar refractivity (Wildman–Crippen MR) is 84.4 cm³/mol. The number of hydrogen-bond acceptors (Lipinski definition) is 5. The highest BCUT2D eigenvalue weighted by Crippen LogP contribution is 2.22. The Balaban J connectivity index is 2.29. The molecule has 0 aliphatic rings. The molecule has 1 rings (SSSR count). The number of benzene rings is 1. The fourth-order valence-corrected chi connectivity index (χ4v) is 2.17. The van der Waals surface area contributed by atoms with Crippen molar-refractivity contribution in [2.75, 3.05) is 18.9 Å². The lowest BCUT2D eigenvalue weighted by atomic mass is 10.2. The Morgan fingerprint density at radius 2 is 1.96 bits per heavy atom. The van der Waals surface area contributed by atoms with Crippen LogP contribution in [0.15, 0.2) is 23.1 Å². The summed E-state index contributed by atoms with van der Waals surface area (Å²) in [5.41, 5.74) is 0. The van der Waals surface area contributed by atoms with Crippen LogP contribution in [0.4, 0.5) is 13.6 Å². The average Bonchev–Trinajstić information content (AvgIpc) is 2.51. The third kappa shape index (κ3) is 7.91. The van der Waals surface area contributed by atoms with Crippen LogP contribution in [-0.4, -0.2) is 36.8 Å². The Morgan fingerprint density at radius 3 is 2.62 bits per heavy atom. The van der Waals surface area contributed by atoms with Crippen LogP contribution in [-0.2, 0) is 14.3 Å². The molecule has 0 atom stereocenters. The van der Waals surface area contributed by atoms with Crippen LogP contribution < -0.4 is 10.6 Å². The Bertz CT molecular complexity index is 611. The van der Waals surface area contributed by atoms with Crippen molar-refractivity contribution in [1.29, 1.82) is 0 Å². The number of imide groups is 1. The van der Waals surface area contributed by atoms with E-state index in [0.29, 0.717) is 6.54 Å². The standard InChI is InChI=1S/C15H18F2N2O4S/c1-9(2)6-18-15(22)19-13(20)7-23-14(21)8-24-12-5-10(16)3-4-11(12)17/h3-5,9H,6-8H2,1-2H3,(H2,18,19,20,22). The molecule has 0 aliphatic carbocycles. The van der Waals surface area contributed by atoms with Gasteiger partial charge in [0.2, 0.25) is 0 Å². The molecule has 3 amide bonds. The lowest BCUT2D eigenvalue weighted by Crippen LogP contribution is -2.42. The summed E-state index contributed by atoms with van der Waals surface area (Å²) < 4.78 is 31.0. The van der Waals surface area contributed by atoms with Crippen LogP contribution in [0.1, 0.15) is 13.8 Å². The molecular formula is C15H18F2N2O4S. The SMILES string of the molecule is CC(C)CNC(=O)NC(=O)COC(=O)CSc1cc(F)ccc1F. The maximum atomic E-state index is 13.4. The largest absolute Gasteiger partial charge is 0.455 e. The van der Waals surface area contributed by atoms with Gasteiger partial charge in [-0.1, -0.05) is 13.8 Å². The topological polar surface area (TPSA) is 84.5 Å². The van der Waals surface area contributed by atoms with E-state index >= 15 is 0 Å². The molecule has 9 heteroatoms. The van der Waals surface area contributed by atoms with E-state index in [9.17, 15) is 23.2 Å². The molecule has 0 saturated heterocycles. The van der Waals surface area contributed by atoms with Gasteiger partial charge in [-0.15, -0.1) is 11.8 Å². The Morgan fingerprint density at radius 1 is 1.25 bits per heavy atom. The fraction of sp³-hybridized carbons (Fsp3) is 0.400. The van der Waals surface area contributed by atoms with Crippen LogP contribution >= 0.6 is 11.8 Å².